The fraction of sp³-hybridized carbons (Fsp3) is 0.300. The number of pyridine rings is 1. The van der Waals surface area contributed by atoms with Crippen LogP contribution in [0.4, 0.5) is 4.79 Å². The van der Waals surface area contributed by atoms with Crippen LogP contribution in [0, 0.1) is 0 Å². The van der Waals surface area contributed by atoms with E-state index in [9.17, 15) is 9.59 Å². The highest BCUT2D eigenvalue weighted by Crippen LogP contribution is 2.01. The van der Waals surface area contributed by atoms with Crippen LogP contribution in [0.1, 0.15) is 12.6 Å². The topological polar surface area (TPSA) is 82.3 Å². The van der Waals surface area contributed by atoms with Crippen LogP contribution < -0.4 is 5.73 Å². The van der Waals surface area contributed by atoms with Gasteiger partial charge in [0.1, 0.15) is 0 Å². The molecule has 15 heavy (non-hydrogen) atoms. The maximum Gasteiger partial charge on any atom is 0.405 e. The van der Waals surface area contributed by atoms with E-state index in [0.717, 1.165) is 0 Å². The number of ketones is 1. The van der Waals surface area contributed by atoms with Crippen LogP contribution in [-0.2, 0) is 16.0 Å². The number of nitrogens with two attached hydrogens (primary N) is 1. The van der Waals surface area contributed by atoms with Crippen LogP contribution in [0.15, 0.2) is 24.4 Å². The third-order valence-electron chi connectivity index (χ3n) is 1.83. The van der Waals surface area contributed by atoms with Gasteiger partial charge < -0.3 is 10.5 Å². The largest absolute Gasteiger partial charge is 0.439 e. The molecule has 1 atom stereocenters. The minimum absolute atomic E-state index is 0.134. The molecule has 0 radical (unpaired) electrons. The summed E-state index contributed by atoms with van der Waals surface area (Å²) in [5, 5.41) is 0. The van der Waals surface area contributed by atoms with Gasteiger partial charge in [-0.2, -0.15) is 0 Å². The molecular weight excluding hydrogens is 196 g/mol. The smallest absolute Gasteiger partial charge is 0.405 e. The predicted octanol–water partition coefficient (Wildman–Crippen LogP) is 0.677. The Morgan fingerprint density at radius 3 is 2.80 bits per heavy atom. The number of primary amides is 1. The molecule has 0 aliphatic carbocycles. The van der Waals surface area contributed by atoms with Crippen LogP contribution in [0.3, 0.4) is 0 Å². The molecule has 80 valence electrons. The summed E-state index contributed by atoms with van der Waals surface area (Å²) < 4.78 is 4.55. The third kappa shape index (κ3) is 3.76. The van der Waals surface area contributed by atoms with E-state index in [2.05, 4.69) is 9.72 Å². The highest BCUT2D eigenvalue weighted by Gasteiger charge is 2.16. The Balaban J connectivity index is 2.52. The summed E-state index contributed by atoms with van der Waals surface area (Å²) >= 11 is 0. The number of hydrogen-bond donors (Lipinski definition) is 1. The Morgan fingerprint density at radius 1 is 1.53 bits per heavy atom. The number of carbonyl (C=O) groups is 2. The third-order valence-corrected chi connectivity index (χ3v) is 1.83. The van der Waals surface area contributed by atoms with E-state index in [0.29, 0.717) is 5.69 Å². The number of hydrogen-bond acceptors (Lipinski definition) is 4. The van der Waals surface area contributed by atoms with Crippen LogP contribution >= 0.6 is 0 Å². The van der Waals surface area contributed by atoms with Crippen molar-refractivity contribution in [2.24, 2.45) is 5.73 Å². The SMILES string of the molecule is C[C@H](OC(N)=O)C(=O)Cc1ccccn1. The zero-order chi connectivity index (χ0) is 11.3. The summed E-state index contributed by atoms with van der Waals surface area (Å²) in [5.41, 5.74) is 5.44. The number of rotatable bonds is 4. The average Bonchev–Trinajstić information content (AvgIpc) is 2.18. The fourth-order valence-electron chi connectivity index (χ4n) is 1.06. The first-order valence-electron chi connectivity index (χ1n) is 4.48. The number of ether oxygens (including phenoxy) is 1. The van der Waals surface area contributed by atoms with Gasteiger partial charge in [0.05, 0.1) is 6.42 Å². The lowest BCUT2D eigenvalue weighted by Gasteiger charge is -2.09. The Hall–Kier alpha value is -1.91. The second kappa shape index (κ2) is 5.09. The average molecular weight is 208 g/mol. The Bertz CT molecular complexity index is 351. The van der Waals surface area contributed by atoms with E-state index in [-0.39, 0.29) is 12.2 Å². The summed E-state index contributed by atoms with van der Waals surface area (Å²) in [6.07, 6.45) is -0.0429. The number of nitrogens with zero attached hydrogens (tertiary/aromatic N) is 1. The summed E-state index contributed by atoms with van der Waals surface area (Å²) in [4.78, 5) is 25.9. The maximum atomic E-state index is 11.5. The molecule has 5 heteroatoms. The Kier molecular flexibility index (Phi) is 3.79. The second-order valence-corrected chi connectivity index (χ2v) is 3.04. The molecular formula is C10H12N2O3. The molecule has 0 unspecified atom stereocenters. The van der Waals surface area contributed by atoms with Crippen LogP contribution in [-0.4, -0.2) is 23.0 Å². The highest BCUT2D eigenvalue weighted by molar-refractivity contribution is 5.86. The van der Waals surface area contributed by atoms with Gasteiger partial charge in [-0.25, -0.2) is 4.79 Å². The first-order chi connectivity index (χ1) is 7.09. The van der Waals surface area contributed by atoms with Gasteiger partial charge in [-0.1, -0.05) is 6.07 Å². The van der Waals surface area contributed by atoms with Gasteiger partial charge in [0.25, 0.3) is 0 Å². The first-order valence-corrected chi connectivity index (χ1v) is 4.48. The van der Waals surface area contributed by atoms with Crippen molar-refractivity contribution in [2.45, 2.75) is 19.4 Å². The quantitative estimate of drug-likeness (QED) is 0.788. The molecule has 2 N–H and O–H groups in total. The number of amides is 1. The standard InChI is InChI=1S/C10H12N2O3/c1-7(15-10(11)14)9(13)6-8-4-2-3-5-12-8/h2-5,7H,6H2,1H3,(H2,11,14)/t7-/m0/s1. The van der Waals surface area contributed by atoms with E-state index in [1.807, 2.05) is 0 Å². The summed E-state index contributed by atoms with van der Waals surface area (Å²) in [6.45, 7) is 1.48. The molecule has 1 aromatic heterocycles. The van der Waals surface area contributed by atoms with Crippen molar-refractivity contribution in [3.8, 4) is 0 Å². The van der Waals surface area contributed by atoms with Gasteiger partial charge >= 0.3 is 6.09 Å². The van der Waals surface area contributed by atoms with Crippen molar-refractivity contribution in [2.75, 3.05) is 0 Å². The number of carbonyl (C=O) groups excluding carboxylic acids is 2. The molecule has 1 rings (SSSR count). The van der Waals surface area contributed by atoms with Gasteiger partial charge in [-0.15, -0.1) is 0 Å². The Morgan fingerprint density at radius 2 is 2.27 bits per heavy atom. The minimum atomic E-state index is -0.947. The highest BCUT2D eigenvalue weighted by atomic mass is 16.6. The normalized spacial score (nSPS) is 11.8. The van der Waals surface area contributed by atoms with E-state index >= 15 is 0 Å². The number of Topliss-reactive ketones (excluding diaryl/α,β-unsaturated/α-hetero) is 1. The lowest BCUT2D eigenvalue weighted by Crippen LogP contribution is -2.28. The Labute approximate surface area is 87.3 Å². The molecule has 0 saturated heterocycles. The zero-order valence-electron chi connectivity index (χ0n) is 8.34. The van der Waals surface area contributed by atoms with E-state index in [1.54, 1.807) is 24.4 Å². The van der Waals surface area contributed by atoms with Gasteiger partial charge in [-0.05, 0) is 19.1 Å². The van der Waals surface area contributed by atoms with Crippen LogP contribution in [0.25, 0.3) is 0 Å². The van der Waals surface area contributed by atoms with Gasteiger partial charge in [0, 0.05) is 11.9 Å². The molecule has 1 aromatic rings. The van der Waals surface area contributed by atoms with E-state index in [4.69, 9.17) is 5.73 Å². The lowest BCUT2D eigenvalue weighted by molar-refractivity contribution is -0.125. The molecule has 1 amide bonds. The lowest BCUT2D eigenvalue weighted by atomic mass is 10.1. The minimum Gasteiger partial charge on any atom is -0.439 e. The monoisotopic (exact) mass is 208 g/mol. The maximum absolute atomic E-state index is 11.5. The summed E-state index contributed by atoms with van der Waals surface area (Å²) in [5.74, 6) is -0.229. The molecule has 0 spiro atoms. The second-order valence-electron chi connectivity index (χ2n) is 3.04. The predicted molar refractivity (Wildman–Crippen MR) is 53.1 cm³/mol. The summed E-state index contributed by atoms with van der Waals surface area (Å²) in [7, 11) is 0. The molecule has 0 fully saturated rings. The molecule has 0 aliphatic rings. The molecule has 0 aliphatic heterocycles. The molecule has 0 bridgehead atoms. The number of aromatic nitrogens is 1. The van der Waals surface area contributed by atoms with Crippen molar-refractivity contribution in [1.29, 1.82) is 0 Å². The van der Waals surface area contributed by atoms with Crippen molar-refractivity contribution in [1.82, 2.24) is 4.98 Å². The van der Waals surface area contributed by atoms with Gasteiger partial charge in [-0.3, -0.25) is 9.78 Å². The van der Waals surface area contributed by atoms with Gasteiger partial charge in [0.2, 0.25) is 0 Å². The molecule has 5 nitrogen and oxygen atoms in total. The van der Waals surface area contributed by atoms with E-state index in [1.165, 1.54) is 6.92 Å². The van der Waals surface area contributed by atoms with Crippen molar-refractivity contribution in [3.63, 3.8) is 0 Å². The molecule has 0 aromatic carbocycles. The summed E-state index contributed by atoms with van der Waals surface area (Å²) in [6, 6.07) is 5.28. The zero-order valence-corrected chi connectivity index (χ0v) is 8.34. The van der Waals surface area contributed by atoms with Crippen molar-refractivity contribution in [3.05, 3.63) is 30.1 Å². The van der Waals surface area contributed by atoms with E-state index < -0.39 is 12.2 Å². The van der Waals surface area contributed by atoms with Crippen molar-refractivity contribution >= 4 is 11.9 Å². The fourth-order valence-corrected chi connectivity index (χ4v) is 1.06. The first kappa shape index (κ1) is 11.2. The van der Waals surface area contributed by atoms with Crippen LogP contribution in [0.5, 0.6) is 0 Å². The molecule has 1 heterocycles. The van der Waals surface area contributed by atoms with Gasteiger partial charge in [0.15, 0.2) is 11.9 Å². The molecule has 0 saturated carbocycles. The van der Waals surface area contributed by atoms with Crippen LogP contribution in [0.2, 0.25) is 0 Å². The van der Waals surface area contributed by atoms with Crippen molar-refractivity contribution < 1.29 is 14.3 Å².